The molecule has 1 N–H and O–H groups in total. The zero-order chi connectivity index (χ0) is 15.7. The minimum Gasteiger partial charge on any atom is -0.444 e. The first-order valence-electron chi connectivity index (χ1n) is 6.94. The van der Waals surface area contributed by atoms with Gasteiger partial charge in [-0.05, 0) is 45.7 Å². The molecule has 0 aliphatic heterocycles. The van der Waals surface area contributed by atoms with Crippen LogP contribution in [0.25, 0.3) is 0 Å². The van der Waals surface area contributed by atoms with Gasteiger partial charge in [-0.25, -0.2) is 13.6 Å². The molecule has 0 aromatic carbocycles. The Labute approximate surface area is 122 Å². The predicted octanol–water partition coefficient (Wildman–Crippen LogP) is 3.12. The van der Waals surface area contributed by atoms with Gasteiger partial charge in [0.05, 0.1) is 5.69 Å². The second-order valence-electron chi connectivity index (χ2n) is 6.48. The van der Waals surface area contributed by atoms with Crippen molar-refractivity contribution in [1.29, 1.82) is 0 Å². The van der Waals surface area contributed by atoms with Gasteiger partial charge in [0.15, 0.2) is 0 Å². The lowest BCUT2D eigenvalue weighted by atomic mass is 9.65. The van der Waals surface area contributed by atoms with Crippen LogP contribution in [0, 0.1) is 5.82 Å². The van der Waals surface area contributed by atoms with E-state index in [1.54, 1.807) is 20.8 Å². The van der Waals surface area contributed by atoms with E-state index in [0.717, 1.165) is 0 Å². The molecule has 1 aromatic rings. The predicted molar refractivity (Wildman–Crippen MR) is 74.2 cm³/mol. The van der Waals surface area contributed by atoms with E-state index in [1.165, 1.54) is 18.3 Å². The highest BCUT2D eigenvalue weighted by Gasteiger charge is 2.48. The third kappa shape index (κ3) is 3.68. The van der Waals surface area contributed by atoms with Gasteiger partial charge in [0.2, 0.25) is 0 Å². The fraction of sp³-hybridized carbons (Fsp3) is 0.600. The molecule has 21 heavy (non-hydrogen) atoms. The van der Waals surface area contributed by atoms with Gasteiger partial charge in [-0.3, -0.25) is 4.98 Å². The van der Waals surface area contributed by atoms with Gasteiger partial charge >= 0.3 is 6.09 Å². The summed E-state index contributed by atoms with van der Waals surface area (Å²) in [5.41, 5.74) is -1.20. The summed E-state index contributed by atoms with van der Waals surface area (Å²) in [6, 6.07) is 2.78. The smallest absolute Gasteiger partial charge is 0.407 e. The molecule has 2 rings (SSSR count). The van der Waals surface area contributed by atoms with Crippen LogP contribution in [-0.2, 0) is 10.2 Å². The summed E-state index contributed by atoms with van der Waals surface area (Å²) in [5, 5.41) is 2.59. The summed E-state index contributed by atoms with van der Waals surface area (Å²) in [4.78, 5) is 15.7. The van der Waals surface area contributed by atoms with Crippen LogP contribution in [0.4, 0.5) is 13.6 Å². The van der Waals surface area contributed by atoms with E-state index in [-0.39, 0.29) is 25.1 Å². The molecule has 116 valence electrons. The van der Waals surface area contributed by atoms with Crippen molar-refractivity contribution in [2.75, 3.05) is 6.54 Å². The summed E-state index contributed by atoms with van der Waals surface area (Å²) < 4.78 is 32.4. The van der Waals surface area contributed by atoms with Gasteiger partial charge in [-0.15, -0.1) is 0 Å². The highest BCUT2D eigenvalue weighted by atomic mass is 19.1. The summed E-state index contributed by atoms with van der Waals surface area (Å²) in [6.07, 6.45) is 0.180. The Hall–Kier alpha value is -1.72. The molecule has 0 unspecified atom stereocenters. The van der Waals surface area contributed by atoms with Crippen LogP contribution >= 0.6 is 0 Å². The topological polar surface area (TPSA) is 51.2 Å². The van der Waals surface area contributed by atoms with E-state index < -0.39 is 29.1 Å². The van der Waals surface area contributed by atoms with Gasteiger partial charge in [0.1, 0.15) is 17.6 Å². The molecule has 1 fully saturated rings. The lowest BCUT2D eigenvalue weighted by molar-refractivity contribution is 0.0431. The molecular weight excluding hydrogens is 278 g/mol. The number of hydrogen-bond donors (Lipinski definition) is 1. The molecular formula is C15H20F2N2O2. The van der Waals surface area contributed by atoms with Crippen molar-refractivity contribution in [1.82, 2.24) is 10.3 Å². The number of halogens is 2. The van der Waals surface area contributed by atoms with E-state index in [4.69, 9.17) is 4.74 Å². The molecule has 1 amide bonds. The minimum absolute atomic E-state index is 0.107. The largest absolute Gasteiger partial charge is 0.444 e. The molecule has 1 saturated carbocycles. The Morgan fingerprint density at radius 3 is 2.71 bits per heavy atom. The second-order valence-corrected chi connectivity index (χ2v) is 6.48. The number of pyridine rings is 1. The Kier molecular flexibility index (Phi) is 4.16. The number of amides is 1. The molecule has 0 atom stereocenters. The maximum absolute atomic E-state index is 13.9. The Morgan fingerprint density at radius 1 is 1.52 bits per heavy atom. The van der Waals surface area contributed by atoms with Crippen LogP contribution in [0.5, 0.6) is 0 Å². The van der Waals surface area contributed by atoms with E-state index in [0.29, 0.717) is 0 Å². The maximum Gasteiger partial charge on any atom is 0.407 e. The number of hydrogen-bond acceptors (Lipinski definition) is 3. The number of nitrogens with one attached hydrogen (secondary N) is 1. The van der Waals surface area contributed by atoms with Crippen molar-refractivity contribution >= 4 is 6.09 Å². The van der Waals surface area contributed by atoms with E-state index >= 15 is 0 Å². The second kappa shape index (κ2) is 5.58. The first-order valence-corrected chi connectivity index (χ1v) is 6.94. The number of carbonyl (C=O) groups excluding carboxylic acids is 1. The number of aromatic nitrogens is 1. The van der Waals surface area contributed by atoms with Crippen LogP contribution in [0.3, 0.4) is 0 Å². The van der Waals surface area contributed by atoms with Crippen LogP contribution in [0.1, 0.15) is 39.3 Å². The highest BCUT2D eigenvalue weighted by Crippen LogP contribution is 2.45. The standard InChI is InChI=1S/C15H20F2N2O2/c1-14(2,3)21-13(20)19-9-15(7-10(16)8-15)12-11(17)5-4-6-18-12/h4-6,10H,7-9H2,1-3H3,(H,19,20). The van der Waals surface area contributed by atoms with Gasteiger partial charge < -0.3 is 10.1 Å². The summed E-state index contributed by atoms with van der Waals surface area (Å²) in [5.74, 6) is -0.476. The zero-order valence-corrected chi connectivity index (χ0v) is 12.5. The molecule has 0 spiro atoms. The first kappa shape index (κ1) is 15.7. The SMILES string of the molecule is CC(C)(C)OC(=O)NCC1(c2ncccc2F)CC(F)C1. The molecule has 4 nitrogen and oxygen atoms in total. The molecule has 0 saturated heterocycles. The van der Waals surface area contributed by atoms with Crippen LogP contribution in [-0.4, -0.2) is 29.4 Å². The van der Waals surface area contributed by atoms with Crippen molar-refractivity contribution in [2.45, 2.75) is 50.8 Å². The van der Waals surface area contributed by atoms with E-state index in [2.05, 4.69) is 10.3 Å². The van der Waals surface area contributed by atoms with Crippen molar-refractivity contribution < 1.29 is 18.3 Å². The molecule has 1 heterocycles. The summed E-state index contributed by atoms with van der Waals surface area (Å²) in [7, 11) is 0. The number of nitrogens with zero attached hydrogens (tertiary/aromatic N) is 1. The third-order valence-electron chi connectivity index (χ3n) is 3.46. The van der Waals surface area contributed by atoms with Crippen molar-refractivity contribution in [3.63, 3.8) is 0 Å². The number of alkyl halides is 1. The van der Waals surface area contributed by atoms with Gasteiger partial charge in [0, 0.05) is 18.2 Å². The Morgan fingerprint density at radius 2 is 2.19 bits per heavy atom. The van der Waals surface area contributed by atoms with Crippen LogP contribution in [0.15, 0.2) is 18.3 Å². The normalized spacial score (nSPS) is 25.1. The van der Waals surface area contributed by atoms with Gasteiger partial charge in [0.25, 0.3) is 0 Å². The third-order valence-corrected chi connectivity index (χ3v) is 3.46. The molecule has 6 heteroatoms. The molecule has 1 aromatic heterocycles. The Bertz CT molecular complexity index is 523. The first-order chi connectivity index (χ1) is 9.72. The van der Waals surface area contributed by atoms with Gasteiger partial charge in [-0.1, -0.05) is 0 Å². The van der Waals surface area contributed by atoms with Crippen molar-refractivity contribution in [3.05, 3.63) is 29.8 Å². The molecule has 1 aliphatic carbocycles. The van der Waals surface area contributed by atoms with E-state index in [9.17, 15) is 13.6 Å². The number of alkyl carbamates (subject to hydrolysis) is 1. The summed E-state index contributed by atoms with van der Waals surface area (Å²) >= 11 is 0. The fourth-order valence-corrected chi connectivity index (χ4v) is 2.54. The lowest BCUT2D eigenvalue weighted by Crippen LogP contribution is -2.52. The minimum atomic E-state index is -0.994. The van der Waals surface area contributed by atoms with Crippen molar-refractivity contribution in [2.24, 2.45) is 0 Å². The molecule has 0 radical (unpaired) electrons. The van der Waals surface area contributed by atoms with E-state index in [1.807, 2.05) is 0 Å². The Balaban J connectivity index is 2.07. The fourth-order valence-electron chi connectivity index (χ4n) is 2.54. The number of rotatable bonds is 3. The van der Waals surface area contributed by atoms with Gasteiger partial charge in [-0.2, -0.15) is 0 Å². The number of ether oxygens (including phenoxy) is 1. The zero-order valence-electron chi connectivity index (χ0n) is 12.5. The van der Waals surface area contributed by atoms with Crippen LogP contribution in [0.2, 0.25) is 0 Å². The quantitative estimate of drug-likeness (QED) is 0.933. The molecule has 1 aliphatic rings. The number of carbonyl (C=O) groups is 1. The molecule has 0 bridgehead atoms. The lowest BCUT2D eigenvalue weighted by Gasteiger charge is -2.43. The highest BCUT2D eigenvalue weighted by molar-refractivity contribution is 5.67. The van der Waals surface area contributed by atoms with Crippen molar-refractivity contribution in [3.8, 4) is 0 Å². The maximum atomic E-state index is 13.9. The monoisotopic (exact) mass is 298 g/mol. The summed E-state index contributed by atoms with van der Waals surface area (Å²) in [6.45, 7) is 5.36. The average molecular weight is 298 g/mol. The van der Waals surface area contributed by atoms with Crippen LogP contribution < -0.4 is 5.32 Å². The average Bonchev–Trinajstić information content (AvgIpc) is 2.32.